The molecule has 0 spiro atoms. The zero-order valence-corrected chi connectivity index (χ0v) is 14.8. The van der Waals surface area contributed by atoms with Crippen LogP contribution in [0.2, 0.25) is 0 Å². The average molecular weight is 341 g/mol. The van der Waals surface area contributed by atoms with E-state index < -0.39 is 0 Å². The molecular formula is C19H23N3OS. The number of likely N-dealkylation sites (tertiary alicyclic amines) is 2. The predicted octanol–water partition coefficient (Wildman–Crippen LogP) is 3.22. The molecule has 2 aliphatic heterocycles. The molecule has 2 atom stereocenters. The predicted molar refractivity (Wildman–Crippen MR) is 95.7 cm³/mol. The number of hydrogen-bond acceptors (Lipinski definition) is 4. The van der Waals surface area contributed by atoms with Crippen LogP contribution in [0.25, 0.3) is 0 Å². The maximum atomic E-state index is 12.5. The van der Waals surface area contributed by atoms with Gasteiger partial charge in [-0.1, -0.05) is 0 Å². The summed E-state index contributed by atoms with van der Waals surface area (Å²) < 4.78 is 0. The van der Waals surface area contributed by atoms with Crippen molar-refractivity contribution in [1.29, 1.82) is 0 Å². The highest BCUT2D eigenvalue weighted by atomic mass is 32.1. The van der Waals surface area contributed by atoms with Gasteiger partial charge in [0.25, 0.3) is 0 Å². The lowest BCUT2D eigenvalue weighted by atomic mass is 9.95. The number of carbonyl (C=O) groups excluding carboxylic acids is 1. The van der Waals surface area contributed by atoms with Gasteiger partial charge in [0.2, 0.25) is 5.91 Å². The molecule has 2 aliphatic rings. The Labute approximate surface area is 147 Å². The highest BCUT2D eigenvalue weighted by Gasteiger charge is 2.42. The van der Waals surface area contributed by atoms with Crippen LogP contribution in [-0.2, 0) is 17.9 Å². The summed E-state index contributed by atoms with van der Waals surface area (Å²) in [7, 11) is 0. The molecule has 2 aromatic rings. The van der Waals surface area contributed by atoms with E-state index in [-0.39, 0.29) is 0 Å². The molecule has 2 saturated heterocycles. The first-order valence-electron chi connectivity index (χ1n) is 8.68. The molecule has 126 valence electrons. The van der Waals surface area contributed by atoms with Gasteiger partial charge < -0.3 is 4.90 Å². The molecule has 1 amide bonds. The number of aromatic nitrogens is 1. The summed E-state index contributed by atoms with van der Waals surface area (Å²) in [4.78, 5) is 24.1. The maximum absolute atomic E-state index is 12.5. The minimum atomic E-state index is 0.307. The van der Waals surface area contributed by atoms with Crippen LogP contribution in [0.1, 0.15) is 34.6 Å². The van der Waals surface area contributed by atoms with Gasteiger partial charge in [-0.3, -0.25) is 14.7 Å². The van der Waals surface area contributed by atoms with Crippen LogP contribution in [-0.4, -0.2) is 39.3 Å². The topological polar surface area (TPSA) is 36.4 Å². The third-order valence-corrected chi connectivity index (χ3v) is 6.24. The molecule has 0 aliphatic carbocycles. The second-order valence-electron chi connectivity index (χ2n) is 6.82. The number of nitrogens with zero attached hydrogens (tertiary/aromatic N) is 3. The van der Waals surface area contributed by atoms with Gasteiger partial charge in [-0.05, 0) is 49.6 Å². The number of rotatable bonds is 4. The molecular weight excluding hydrogens is 318 g/mol. The largest absolute Gasteiger partial charge is 0.334 e. The minimum Gasteiger partial charge on any atom is -0.334 e. The first-order chi connectivity index (χ1) is 11.7. The summed E-state index contributed by atoms with van der Waals surface area (Å²) in [5.41, 5.74) is 1.17. The number of aryl methyl sites for hydroxylation is 1. The molecule has 5 heteroatoms. The van der Waals surface area contributed by atoms with E-state index in [0.29, 0.717) is 31.0 Å². The van der Waals surface area contributed by atoms with E-state index >= 15 is 0 Å². The van der Waals surface area contributed by atoms with Crippen LogP contribution >= 0.6 is 11.3 Å². The van der Waals surface area contributed by atoms with E-state index in [4.69, 9.17) is 0 Å². The summed E-state index contributed by atoms with van der Waals surface area (Å²) in [5, 5.41) is 0. The van der Waals surface area contributed by atoms with Crippen molar-refractivity contribution >= 4 is 17.2 Å². The number of amides is 1. The summed E-state index contributed by atoms with van der Waals surface area (Å²) in [6.45, 7) is 4.99. The van der Waals surface area contributed by atoms with Crippen LogP contribution < -0.4 is 0 Å². The fourth-order valence-electron chi connectivity index (χ4n) is 4.09. The number of pyridine rings is 1. The monoisotopic (exact) mass is 341 g/mol. The third kappa shape index (κ3) is 3.10. The average Bonchev–Trinajstić information content (AvgIpc) is 3.18. The number of fused-ring (bicyclic) bond motifs is 1. The molecule has 0 aromatic carbocycles. The van der Waals surface area contributed by atoms with E-state index in [1.807, 2.05) is 23.5 Å². The van der Waals surface area contributed by atoms with Gasteiger partial charge >= 0.3 is 0 Å². The standard InChI is InChI=1S/C19H23N3OS/c1-14-2-3-16(24-14)13-21-11-8-18-17(21)4-5-19(23)22(18)12-15-6-9-20-10-7-15/h2-3,6-7,9-10,17-18H,4-5,8,11-13H2,1H3/t17-,18-/m1/s1. The summed E-state index contributed by atoms with van der Waals surface area (Å²) in [6, 6.07) is 9.34. The number of carbonyl (C=O) groups is 1. The fourth-order valence-corrected chi connectivity index (χ4v) is 5.01. The smallest absolute Gasteiger partial charge is 0.223 e. The molecule has 2 fully saturated rings. The van der Waals surface area contributed by atoms with Gasteiger partial charge in [0.1, 0.15) is 0 Å². The highest BCUT2D eigenvalue weighted by molar-refractivity contribution is 7.11. The lowest BCUT2D eigenvalue weighted by molar-refractivity contribution is -0.138. The zero-order valence-electron chi connectivity index (χ0n) is 14.0. The zero-order chi connectivity index (χ0) is 16.5. The summed E-state index contributed by atoms with van der Waals surface area (Å²) in [6.07, 6.45) is 6.38. The second kappa shape index (κ2) is 6.65. The Hall–Kier alpha value is -1.72. The molecule has 0 unspecified atom stereocenters. The molecule has 0 N–H and O–H groups in total. The molecule has 24 heavy (non-hydrogen) atoms. The maximum Gasteiger partial charge on any atom is 0.223 e. The molecule has 0 bridgehead atoms. The van der Waals surface area contributed by atoms with Gasteiger partial charge in [0.15, 0.2) is 0 Å². The van der Waals surface area contributed by atoms with Gasteiger partial charge in [0.05, 0.1) is 0 Å². The van der Waals surface area contributed by atoms with E-state index in [1.165, 1.54) is 15.3 Å². The molecule has 0 radical (unpaired) electrons. The Balaban J connectivity index is 1.48. The van der Waals surface area contributed by atoms with Crippen molar-refractivity contribution in [2.75, 3.05) is 6.54 Å². The van der Waals surface area contributed by atoms with E-state index in [1.54, 1.807) is 12.4 Å². The molecule has 4 heterocycles. The van der Waals surface area contributed by atoms with E-state index in [9.17, 15) is 4.79 Å². The van der Waals surface area contributed by atoms with Crippen LogP contribution in [0.15, 0.2) is 36.7 Å². The summed E-state index contributed by atoms with van der Waals surface area (Å²) >= 11 is 1.89. The van der Waals surface area contributed by atoms with Gasteiger partial charge in [0, 0.05) is 60.3 Å². The number of thiophene rings is 1. The van der Waals surface area contributed by atoms with Gasteiger partial charge in [-0.25, -0.2) is 0 Å². The lowest BCUT2D eigenvalue weighted by Crippen LogP contribution is -2.51. The lowest BCUT2D eigenvalue weighted by Gasteiger charge is -2.40. The Kier molecular flexibility index (Phi) is 4.37. The first-order valence-corrected chi connectivity index (χ1v) is 9.50. The highest BCUT2D eigenvalue weighted by Crippen LogP contribution is 2.34. The van der Waals surface area contributed by atoms with Crippen molar-refractivity contribution in [3.8, 4) is 0 Å². The quantitative estimate of drug-likeness (QED) is 0.857. The normalized spacial score (nSPS) is 24.4. The SMILES string of the molecule is Cc1ccc(CN2CC[C@@H]3[C@H]2CCC(=O)N3Cc2ccncc2)s1. The second-order valence-corrected chi connectivity index (χ2v) is 8.19. The number of piperidine rings is 1. The minimum absolute atomic E-state index is 0.307. The Morgan fingerprint density at radius 1 is 1.12 bits per heavy atom. The molecule has 4 nitrogen and oxygen atoms in total. The summed E-state index contributed by atoms with van der Waals surface area (Å²) in [5.74, 6) is 0.307. The van der Waals surface area contributed by atoms with Crippen molar-refractivity contribution < 1.29 is 4.79 Å². The van der Waals surface area contributed by atoms with E-state index in [2.05, 4.69) is 33.8 Å². The van der Waals surface area contributed by atoms with Crippen LogP contribution in [0.4, 0.5) is 0 Å². The third-order valence-electron chi connectivity index (χ3n) is 5.26. The van der Waals surface area contributed by atoms with E-state index in [0.717, 1.165) is 25.9 Å². The van der Waals surface area contributed by atoms with Gasteiger partial charge in [-0.2, -0.15) is 0 Å². The fraction of sp³-hybridized carbons (Fsp3) is 0.474. The van der Waals surface area contributed by atoms with Crippen LogP contribution in [0.3, 0.4) is 0 Å². The van der Waals surface area contributed by atoms with Crippen molar-refractivity contribution in [1.82, 2.24) is 14.8 Å². The Morgan fingerprint density at radius 3 is 2.71 bits per heavy atom. The first kappa shape index (κ1) is 15.8. The molecule has 2 aromatic heterocycles. The van der Waals surface area contributed by atoms with Crippen molar-refractivity contribution in [3.05, 3.63) is 52.0 Å². The number of hydrogen-bond donors (Lipinski definition) is 0. The molecule has 4 rings (SSSR count). The van der Waals surface area contributed by atoms with Crippen LogP contribution in [0, 0.1) is 6.92 Å². The van der Waals surface area contributed by atoms with Crippen molar-refractivity contribution in [2.24, 2.45) is 0 Å². The van der Waals surface area contributed by atoms with Crippen LogP contribution in [0.5, 0.6) is 0 Å². The van der Waals surface area contributed by atoms with Crippen molar-refractivity contribution in [2.45, 2.75) is 51.4 Å². The van der Waals surface area contributed by atoms with Gasteiger partial charge in [-0.15, -0.1) is 11.3 Å². The van der Waals surface area contributed by atoms with Crippen molar-refractivity contribution in [3.63, 3.8) is 0 Å². The Bertz CT molecular complexity index is 714. The Morgan fingerprint density at radius 2 is 1.96 bits per heavy atom. The molecule has 0 saturated carbocycles.